The molecule has 0 bridgehead atoms. The van der Waals surface area contributed by atoms with Crippen molar-refractivity contribution in [1.29, 1.82) is 0 Å². The van der Waals surface area contributed by atoms with E-state index >= 15 is 0 Å². The van der Waals surface area contributed by atoms with E-state index in [-0.39, 0.29) is 0 Å². The van der Waals surface area contributed by atoms with Gasteiger partial charge in [-0.25, -0.2) is 9.97 Å². The maximum Gasteiger partial charge on any atom is 0.159 e. The number of aromatic nitrogens is 3. The summed E-state index contributed by atoms with van der Waals surface area (Å²) in [6, 6.07) is 12.5. The molecule has 2 aromatic heterocycles. The van der Waals surface area contributed by atoms with E-state index in [1.54, 1.807) is 0 Å². The molecule has 4 rings (SSSR count). The van der Waals surface area contributed by atoms with Crippen molar-refractivity contribution in [3.05, 3.63) is 54.0 Å². The third-order valence-electron chi connectivity index (χ3n) is 5.26. The Morgan fingerprint density at radius 2 is 2.00 bits per heavy atom. The van der Waals surface area contributed by atoms with Crippen molar-refractivity contribution in [1.82, 2.24) is 19.4 Å². The van der Waals surface area contributed by atoms with Crippen molar-refractivity contribution in [3.8, 4) is 5.75 Å². The molecule has 3 aromatic rings. The number of hydrogen-bond donors (Lipinski definition) is 0. The molecule has 0 spiro atoms. The van der Waals surface area contributed by atoms with Crippen LogP contribution in [0, 0.1) is 0 Å². The van der Waals surface area contributed by atoms with Gasteiger partial charge >= 0.3 is 0 Å². The molecule has 5 heteroatoms. The number of fused-ring (bicyclic) bond motifs is 1. The molecular formula is C22H28N4O. The SMILES string of the molecule is CCCn1c([C@H]2CCN(Cc3ccc(OCC)cc3)C2)nc2cccnc21. The van der Waals surface area contributed by atoms with Crippen LogP contribution in [-0.2, 0) is 13.1 Å². The van der Waals surface area contributed by atoms with Crippen molar-refractivity contribution >= 4 is 11.2 Å². The van der Waals surface area contributed by atoms with Crippen LogP contribution in [0.25, 0.3) is 11.2 Å². The summed E-state index contributed by atoms with van der Waals surface area (Å²) in [6.45, 7) is 9.07. The van der Waals surface area contributed by atoms with Crippen LogP contribution in [0.15, 0.2) is 42.6 Å². The van der Waals surface area contributed by atoms with Gasteiger partial charge in [-0.05, 0) is 56.1 Å². The molecule has 1 aliphatic rings. The van der Waals surface area contributed by atoms with Gasteiger partial charge in [-0.3, -0.25) is 4.90 Å². The van der Waals surface area contributed by atoms with E-state index in [4.69, 9.17) is 9.72 Å². The molecule has 1 fully saturated rings. The summed E-state index contributed by atoms with van der Waals surface area (Å²) in [5, 5.41) is 0. The average molecular weight is 364 g/mol. The maximum absolute atomic E-state index is 5.54. The van der Waals surface area contributed by atoms with E-state index in [1.165, 1.54) is 11.4 Å². The molecule has 1 aliphatic heterocycles. The first kappa shape index (κ1) is 18.0. The van der Waals surface area contributed by atoms with E-state index < -0.39 is 0 Å². The summed E-state index contributed by atoms with van der Waals surface area (Å²) in [7, 11) is 0. The maximum atomic E-state index is 5.54. The van der Waals surface area contributed by atoms with Crippen LogP contribution in [-0.4, -0.2) is 39.1 Å². The van der Waals surface area contributed by atoms with Gasteiger partial charge in [0.2, 0.25) is 0 Å². The average Bonchev–Trinajstić information content (AvgIpc) is 3.29. The van der Waals surface area contributed by atoms with E-state index in [1.807, 2.05) is 19.2 Å². The number of rotatable bonds is 7. The molecule has 0 unspecified atom stereocenters. The highest BCUT2D eigenvalue weighted by molar-refractivity contribution is 5.71. The fraction of sp³-hybridized carbons (Fsp3) is 0.455. The predicted molar refractivity (Wildman–Crippen MR) is 108 cm³/mol. The van der Waals surface area contributed by atoms with Gasteiger partial charge in [-0.1, -0.05) is 19.1 Å². The summed E-state index contributed by atoms with van der Waals surface area (Å²) >= 11 is 0. The second-order valence-electron chi connectivity index (χ2n) is 7.27. The van der Waals surface area contributed by atoms with Gasteiger partial charge in [0.25, 0.3) is 0 Å². The molecule has 1 saturated heterocycles. The van der Waals surface area contributed by atoms with E-state index in [9.17, 15) is 0 Å². The highest BCUT2D eigenvalue weighted by atomic mass is 16.5. The first-order valence-corrected chi connectivity index (χ1v) is 10.0. The summed E-state index contributed by atoms with van der Waals surface area (Å²) in [5.41, 5.74) is 3.38. The number of likely N-dealkylation sites (tertiary alicyclic amines) is 1. The number of aryl methyl sites for hydroxylation is 1. The Morgan fingerprint density at radius 3 is 2.78 bits per heavy atom. The van der Waals surface area contributed by atoms with Crippen LogP contribution >= 0.6 is 0 Å². The van der Waals surface area contributed by atoms with Crippen LogP contribution < -0.4 is 4.74 Å². The standard InChI is InChI=1S/C22H28N4O/c1-3-13-26-21(24-20-6-5-12-23-22(20)26)18-11-14-25(16-18)15-17-7-9-19(10-8-17)27-4-2/h5-10,12,18H,3-4,11,13-16H2,1-2H3/t18-/m0/s1. The zero-order valence-electron chi connectivity index (χ0n) is 16.3. The monoisotopic (exact) mass is 364 g/mol. The summed E-state index contributed by atoms with van der Waals surface area (Å²) in [5.74, 6) is 2.63. The van der Waals surface area contributed by atoms with Gasteiger partial charge in [0.1, 0.15) is 17.1 Å². The van der Waals surface area contributed by atoms with E-state index in [0.29, 0.717) is 12.5 Å². The molecule has 142 valence electrons. The largest absolute Gasteiger partial charge is 0.494 e. The zero-order chi connectivity index (χ0) is 18.6. The lowest BCUT2D eigenvalue weighted by atomic mass is 10.1. The third kappa shape index (κ3) is 3.83. The fourth-order valence-corrected chi connectivity index (χ4v) is 4.03. The summed E-state index contributed by atoms with van der Waals surface area (Å²) in [4.78, 5) is 12.1. The van der Waals surface area contributed by atoms with Crippen LogP contribution in [0.4, 0.5) is 0 Å². The van der Waals surface area contributed by atoms with Gasteiger partial charge in [-0.2, -0.15) is 0 Å². The van der Waals surface area contributed by atoms with Crippen LogP contribution in [0.1, 0.15) is 44.0 Å². The number of pyridine rings is 1. The van der Waals surface area contributed by atoms with Crippen molar-refractivity contribution in [2.45, 2.75) is 45.7 Å². The summed E-state index contributed by atoms with van der Waals surface area (Å²) in [6.07, 6.45) is 4.12. The highest BCUT2D eigenvalue weighted by Gasteiger charge is 2.28. The molecule has 0 aliphatic carbocycles. The Balaban J connectivity index is 1.48. The van der Waals surface area contributed by atoms with Gasteiger partial charge < -0.3 is 9.30 Å². The first-order valence-electron chi connectivity index (χ1n) is 10.0. The molecule has 0 radical (unpaired) electrons. The Hall–Kier alpha value is -2.40. The Labute approximate surface area is 161 Å². The summed E-state index contributed by atoms with van der Waals surface area (Å²) < 4.78 is 7.87. The molecule has 3 heterocycles. The van der Waals surface area contributed by atoms with E-state index in [2.05, 4.69) is 51.7 Å². The number of imidazole rings is 1. The normalized spacial score (nSPS) is 17.6. The quantitative estimate of drug-likeness (QED) is 0.629. The van der Waals surface area contributed by atoms with Gasteiger partial charge in [0, 0.05) is 31.7 Å². The van der Waals surface area contributed by atoms with Crippen molar-refractivity contribution in [2.75, 3.05) is 19.7 Å². The Kier molecular flexibility index (Phi) is 5.39. The second-order valence-corrected chi connectivity index (χ2v) is 7.27. The van der Waals surface area contributed by atoms with Gasteiger partial charge in [-0.15, -0.1) is 0 Å². The Morgan fingerprint density at radius 1 is 1.15 bits per heavy atom. The minimum atomic E-state index is 0.480. The van der Waals surface area contributed by atoms with Crippen molar-refractivity contribution in [3.63, 3.8) is 0 Å². The van der Waals surface area contributed by atoms with Gasteiger partial charge in [0.05, 0.1) is 6.61 Å². The minimum Gasteiger partial charge on any atom is -0.494 e. The Bertz CT molecular complexity index is 887. The van der Waals surface area contributed by atoms with Crippen LogP contribution in [0.3, 0.4) is 0 Å². The first-order chi connectivity index (χ1) is 13.3. The number of ether oxygens (including phenoxy) is 1. The lowest BCUT2D eigenvalue weighted by Gasteiger charge is -2.17. The molecule has 27 heavy (non-hydrogen) atoms. The molecule has 1 atom stereocenters. The topological polar surface area (TPSA) is 43.2 Å². The van der Waals surface area contributed by atoms with Crippen molar-refractivity contribution in [2.24, 2.45) is 0 Å². The van der Waals surface area contributed by atoms with E-state index in [0.717, 1.165) is 55.9 Å². The second kappa shape index (κ2) is 8.09. The van der Waals surface area contributed by atoms with Crippen LogP contribution in [0.2, 0.25) is 0 Å². The van der Waals surface area contributed by atoms with Gasteiger partial charge in [0.15, 0.2) is 5.65 Å². The molecule has 1 aromatic carbocycles. The predicted octanol–water partition coefficient (Wildman–Crippen LogP) is 4.23. The third-order valence-corrected chi connectivity index (χ3v) is 5.26. The lowest BCUT2D eigenvalue weighted by molar-refractivity contribution is 0.323. The highest BCUT2D eigenvalue weighted by Crippen LogP contribution is 2.30. The van der Waals surface area contributed by atoms with Crippen LogP contribution in [0.5, 0.6) is 5.75 Å². The number of benzene rings is 1. The molecular weight excluding hydrogens is 336 g/mol. The molecule has 0 saturated carbocycles. The van der Waals surface area contributed by atoms with Crippen molar-refractivity contribution < 1.29 is 4.74 Å². The molecule has 0 N–H and O–H groups in total. The number of nitrogens with zero attached hydrogens (tertiary/aromatic N) is 4. The molecule has 5 nitrogen and oxygen atoms in total. The minimum absolute atomic E-state index is 0.480. The fourth-order valence-electron chi connectivity index (χ4n) is 4.03. The molecule has 0 amide bonds. The lowest BCUT2D eigenvalue weighted by Crippen LogP contribution is -2.20. The zero-order valence-corrected chi connectivity index (χ0v) is 16.3. The smallest absolute Gasteiger partial charge is 0.159 e. The number of hydrogen-bond acceptors (Lipinski definition) is 4.